The predicted molar refractivity (Wildman–Crippen MR) is 94.5 cm³/mol. The molecule has 0 aliphatic heterocycles. The van der Waals surface area contributed by atoms with E-state index in [0.29, 0.717) is 13.0 Å². The monoisotopic (exact) mass is 338 g/mol. The molecule has 3 rings (SSSR count). The van der Waals surface area contributed by atoms with Gasteiger partial charge in [0.15, 0.2) is 0 Å². The normalized spacial score (nSPS) is 10.8. The number of benzene rings is 2. The molecule has 0 atom stereocenters. The first-order valence-corrected chi connectivity index (χ1v) is 8.04. The SMILES string of the molecule is CCOC(=O)Cn1cc(Cc2cccc([N+](=O)[O-])c2)c2ccccc21. The maximum absolute atomic E-state index is 11.8. The molecule has 0 spiro atoms. The fraction of sp³-hybridized carbons (Fsp3) is 0.211. The number of carbonyl (C=O) groups excluding carboxylic acids is 1. The van der Waals surface area contributed by atoms with Gasteiger partial charge < -0.3 is 9.30 Å². The minimum atomic E-state index is -0.395. The summed E-state index contributed by atoms with van der Waals surface area (Å²) in [5, 5.41) is 12.0. The Hall–Kier alpha value is -3.15. The number of esters is 1. The van der Waals surface area contributed by atoms with Crippen molar-refractivity contribution in [3.8, 4) is 0 Å². The van der Waals surface area contributed by atoms with Crippen molar-refractivity contribution < 1.29 is 14.5 Å². The van der Waals surface area contributed by atoms with Gasteiger partial charge in [-0.3, -0.25) is 14.9 Å². The van der Waals surface area contributed by atoms with Crippen LogP contribution in [-0.4, -0.2) is 22.1 Å². The molecule has 0 amide bonds. The summed E-state index contributed by atoms with van der Waals surface area (Å²) in [7, 11) is 0. The average molecular weight is 338 g/mol. The molecule has 0 bridgehead atoms. The Kier molecular flexibility index (Phi) is 4.79. The van der Waals surface area contributed by atoms with Gasteiger partial charge in [0.2, 0.25) is 0 Å². The van der Waals surface area contributed by atoms with Crippen molar-refractivity contribution in [1.29, 1.82) is 0 Å². The van der Waals surface area contributed by atoms with Gasteiger partial charge >= 0.3 is 5.97 Å². The Bertz CT molecular complexity index is 930. The average Bonchev–Trinajstić information content (AvgIpc) is 2.93. The molecule has 1 heterocycles. The van der Waals surface area contributed by atoms with Crippen LogP contribution in [0.25, 0.3) is 10.9 Å². The van der Waals surface area contributed by atoms with Crippen molar-refractivity contribution in [3.63, 3.8) is 0 Å². The predicted octanol–water partition coefficient (Wildman–Crippen LogP) is 3.70. The number of ether oxygens (including phenoxy) is 1. The number of nitro groups is 1. The minimum Gasteiger partial charge on any atom is -0.465 e. The summed E-state index contributed by atoms with van der Waals surface area (Å²) in [6.45, 7) is 2.27. The van der Waals surface area contributed by atoms with E-state index >= 15 is 0 Å². The van der Waals surface area contributed by atoms with Crippen molar-refractivity contribution >= 4 is 22.6 Å². The molecule has 0 radical (unpaired) electrons. The number of aromatic nitrogens is 1. The van der Waals surface area contributed by atoms with E-state index in [1.165, 1.54) is 6.07 Å². The van der Waals surface area contributed by atoms with Gasteiger partial charge in [-0.05, 0) is 30.5 Å². The number of nitrogens with zero attached hydrogens (tertiary/aromatic N) is 2. The van der Waals surface area contributed by atoms with E-state index in [2.05, 4.69) is 0 Å². The van der Waals surface area contributed by atoms with Crippen LogP contribution in [0.2, 0.25) is 0 Å². The molecule has 25 heavy (non-hydrogen) atoms. The summed E-state index contributed by atoms with van der Waals surface area (Å²) in [6, 6.07) is 14.4. The highest BCUT2D eigenvalue weighted by Gasteiger charge is 2.13. The third-order valence-corrected chi connectivity index (χ3v) is 3.99. The molecule has 128 valence electrons. The fourth-order valence-electron chi connectivity index (χ4n) is 2.94. The molecule has 0 N–H and O–H groups in total. The van der Waals surface area contributed by atoms with Crippen LogP contribution in [0.3, 0.4) is 0 Å². The van der Waals surface area contributed by atoms with Crippen LogP contribution < -0.4 is 0 Å². The van der Waals surface area contributed by atoms with Crippen molar-refractivity contribution in [2.75, 3.05) is 6.61 Å². The lowest BCUT2D eigenvalue weighted by molar-refractivity contribution is -0.384. The molecule has 3 aromatic rings. The number of carbonyl (C=O) groups is 1. The Labute approximate surface area is 144 Å². The number of rotatable bonds is 6. The van der Waals surface area contributed by atoms with Gasteiger partial charge in [-0.1, -0.05) is 30.3 Å². The zero-order chi connectivity index (χ0) is 17.8. The van der Waals surface area contributed by atoms with Gasteiger partial charge in [0, 0.05) is 29.2 Å². The van der Waals surface area contributed by atoms with Crippen molar-refractivity contribution in [2.24, 2.45) is 0 Å². The fourth-order valence-corrected chi connectivity index (χ4v) is 2.94. The first-order chi connectivity index (χ1) is 12.1. The van der Waals surface area contributed by atoms with Gasteiger partial charge in [0.1, 0.15) is 6.54 Å². The number of para-hydroxylation sites is 1. The lowest BCUT2D eigenvalue weighted by Gasteiger charge is -2.04. The number of nitro benzene ring substituents is 1. The quantitative estimate of drug-likeness (QED) is 0.390. The third kappa shape index (κ3) is 3.68. The number of hydrogen-bond acceptors (Lipinski definition) is 4. The van der Waals surface area contributed by atoms with E-state index in [1.807, 2.05) is 41.1 Å². The Balaban J connectivity index is 1.95. The standard InChI is InChI=1S/C19H18N2O4/c1-2-25-19(22)13-20-12-15(17-8-3-4-9-18(17)20)10-14-6-5-7-16(11-14)21(23)24/h3-9,11-12H,2,10,13H2,1H3. The smallest absolute Gasteiger partial charge is 0.325 e. The highest BCUT2D eigenvalue weighted by molar-refractivity contribution is 5.85. The molecule has 0 unspecified atom stereocenters. The lowest BCUT2D eigenvalue weighted by atomic mass is 10.0. The molecule has 0 aliphatic carbocycles. The third-order valence-electron chi connectivity index (χ3n) is 3.99. The van der Waals surface area contributed by atoms with Crippen LogP contribution in [-0.2, 0) is 22.5 Å². The molecular formula is C19H18N2O4. The maximum Gasteiger partial charge on any atom is 0.325 e. The Morgan fingerprint density at radius 3 is 2.76 bits per heavy atom. The van der Waals surface area contributed by atoms with Gasteiger partial charge in [-0.15, -0.1) is 0 Å². The highest BCUT2D eigenvalue weighted by Crippen LogP contribution is 2.25. The number of fused-ring (bicyclic) bond motifs is 1. The summed E-state index contributed by atoms with van der Waals surface area (Å²) in [6.07, 6.45) is 2.47. The van der Waals surface area contributed by atoms with E-state index in [-0.39, 0.29) is 18.2 Å². The summed E-state index contributed by atoms with van der Waals surface area (Å²) in [4.78, 5) is 22.4. The zero-order valence-corrected chi connectivity index (χ0v) is 13.8. The van der Waals surface area contributed by atoms with Crippen LogP contribution in [0.1, 0.15) is 18.1 Å². The second-order valence-electron chi connectivity index (χ2n) is 5.71. The molecule has 0 saturated heterocycles. The largest absolute Gasteiger partial charge is 0.465 e. The number of hydrogen-bond donors (Lipinski definition) is 0. The lowest BCUT2D eigenvalue weighted by Crippen LogP contribution is -2.12. The van der Waals surface area contributed by atoms with Gasteiger partial charge in [0.05, 0.1) is 11.5 Å². The van der Waals surface area contributed by atoms with Crippen molar-refractivity contribution in [1.82, 2.24) is 4.57 Å². The van der Waals surface area contributed by atoms with Crippen LogP contribution in [0, 0.1) is 10.1 Å². The number of non-ortho nitro benzene ring substituents is 1. The van der Waals surface area contributed by atoms with Crippen LogP contribution in [0.4, 0.5) is 5.69 Å². The van der Waals surface area contributed by atoms with Crippen LogP contribution >= 0.6 is 0 Å². The Morgan fingerprint density at radius 1 is 1.20 bits per heavy atom. The van der Waals surface area contributed by atoms with Gasteiger partial charge in [-0.25, -0.2) is 0 Å². The van der Waals surface area contributed by atoms with E-state index in [0.717, 1.165) is 22.0 Å². The van der Waals surface area contributed by atoms with E-state index in [4.69, 9.17) is 4.74 Å². The topological polar surface area (TPSA) is 74.4 Å². The van der Waals surface area contributed by atoms with Gasteiger partial charge in [-0.2, -0.15) is 0 Å². The summed E-state index contributed by atoms with van der Waals surface area (Å²) < 4.78 is 6.89. The van der Waals surface area contributed by atoms with E-state index < -0.39 is 4.92 Å². The second kappa shape index (κ2) is 7.17. The summed E-state index contributed by atoms with van der Waals surface area (Å²) in [5.74, 6) is -0.287. The molecular weight excluding hydrogens is 320 g/mol. The first-order valence-electron chi connectivity index (χ1n) is 8.04. The Morgan fingerprint density at radius 2 is 2.00 bits per heavy atom. The molecule has 0 aliphatic rings. The molecule has 6 nitrogen and oxygen atoms in total. The van der Waals surface area contributed by atoms with Crippen LogP contribution in [0.5, 0.6) is 0 Å². The maximum atomic E-state index is 11.8. The van der Waals surface area contributed by atoms with E-state index in [9.17, 15) is 14.9 Å². The minimum absolute atomic E-state index is 0.0766. The van der Waals surface area contributed by atoms with Crippen molar-refractivity contribution in [2.45, 2.75) is 19.9 Å². The zero-order valence-electron chi connectivity index (χ0n) is 13.8. The molecule has 0 saturated carbocycles. The van der Waals surface area contributed by atoms with Crippen molar-refractivity contribution in [3.05, 3.63) is 76.0 Å². The molecule has 2 aromatic carbocycles. The van der Waals surface area contributed by atoms with E-state index in [1.54, 1.807) is 19.1 Å². The molecule has 6 heteroatoms. The van der Waals surface area contributed by atoms with Gasteiger partial charge in [0.25, 0.3) is 5.69 Å². The second-order valence-corrected chi connectivity index (χ2v) is 5.71. The molecule has 0 fully saturated rings. The first kappa shape index (κ1) is 16.7. The summed E-state index contributed by atoms with van der Waals surface area (Å²) >= 11 is 0. The molecule has 1 aromatic heterocycles. The van der Waals surface area contributed by atoms with Crippen LogP contribution in [0.15, 0.2) is 54.7 Å². The summed E-state index contributed by atoms with van der Waals surface area (Å²) in [5.41, 5.74) is 2.89. The highest BCUT2D eigenvalue weighted by atomic mass is 16.6.